The zero-order valence-corrected chi connectivity index (χ0v) is 12.7. The number of ether oxygens (including phenoxy) is 1. The molecule has 0 aliphatic heterocycles. The van der Waals surface area contributed by atoms with Gasteiger partial charge in [0.05, 0.1) is 17.9 Å². The number of rotatable bonds is 8. The number of oxime groups is 1. The molecule has 0 radical (unpaired) electrons. The standard InChI is InChI=1S/C13H23N5O3/c1-4-11-10(9-17(2)15-11)13(19)18(7-8-21-3)6-5-12(14)16-20/h9,20H,4-8H2,1-3H3,(H2,14,16). The van der Waals surface area contributed by atoms with Gasteiger partial charge in [0.15, 0.2) is 0 Å². The Hall–Kier alpha value is -2.09. The quantitative estimate of drug-likeness (QED) is 0.309. The first-order chi connectivity index (χ1) is 10.0. The largest absolute Gasteiger partial charge is 0.409 e. The highest BCUT2D eigenvalue weighted by molar-refractivity contribution is 5.95. The molecule has 118 valence electrons. The summed E-state index contributed by atoms with van der Waals surface area (Å²) in [7, 11) is 3.36. The monoisotopic (exact) mass is 297 g/mol. The van der Waals surface area contributed by atoms with E-state index in [1.54, 1.807) is 29.9 Å². The predicted octanol–water partition coefficient (Wildman–Crippen LogP) is 0.208. The molecule has 1 aromatic rings. The summed E-state index contributed by atoms with van der Waals surface area (Å²) in [5.74, 6) is -0.0325. The number of hydrogen-bond donors (Lipinski definition) is 2. The molecule has 0 atom stereocenters. The van der Waals surface area contributed by atoms with Crippen LogP contribution in [-0.4, -0.2) is 58.4 Å². The maximum atomic E-state index is 12.6. The van der Waals surface area contributed by atoms with Crippen LogP contribution in [0.2, 0.25) is 0 Å². The van der Waals surface area contributed by atoms with Crippen LogP contribution >= 0.6 is 0 Å². The fourth-order valence-corrected chi connectivity index (χ4v) is 1.96. The maximum Gasteiger partial charge on any atom is 0.257 e. The maximum absolute atomic E-state index is 12.6. The predicted molar refractivity (Wildman–Crippen MR) is 78.4 cm³/mol. The molecule has 0 aliphatic rings. The van der Waals surface area contributed by atoms with E-state index in [0.717, 1.165) is 5.69 Å². The van der Waals surface area contributed by atoms with E-state index in [0.29, 0.717) is 38.1 Å². The fraction of sp³-hybridized carbons (Fsp3) is 0.615. The van der Waals surface area contributed by atoms with Gasteiger partial charge in [0, 0.05) is 39.9 Å². The van der Waals surface area contributed by atoms with E-state index in [-0.39, 0.29) is 11.7 Å². The van der Waals surface area contributed by atoms with E-state index < -0.39 is 0 Å². The van der Waals surface area contributed by atoms with Crippen LogP contribution in [-0.2, 0) is 18.2 Å². The molecule has 3 N–H and O–H groups in total. The number of aromatic nitrogens is 2. The minimum Gasteiger partial charge on any atom is -0.409 e. The van der Waals surface area contributed by atoms with Gasteiger partial charge in [-0.2, -0.15) is 5.10 Å². The average molecular weight is 297 g/mol. The summed E-state index contributed by atoms with van der Waals surface area (Å²) in [6.45, 7) is 3.17. The second kappa shape index (κ2) is 8.25. The summed E-state index contributed by atoms with van der Waals surface area (Å²) in [5.41, 5.74) is 6.80. The SMILES string of the molecule is CCc1nn(C)cc1C(=O)N(CCOC)CC/C(N)=N/O. The lowest BCUT2D eigenvalue weighted by Crippen LogP contribution is -2.36. The molecule has 8 nitrogen and oxygen atoms in total. The van der Waals surface area contributed by atoms with Crippen molar-refractivity contribution in [1.82, 2.24) is 14.7 Å². The fourth-order valence-electron chi connectivity index (χ4n) is 1.96. The molecule has 0 saturated carbocycles. The van der Waals surface area contributed by atoms with Crippen molar-refractivity contribution >= 4 is 11.7 Å². The molecule has 0 aromatic carbocycles. The number of amidine groups is 1. The van der Waals surface area contributed by atoms with Crippen LogP contribution in [0.25, 0.3) is 0 Å². The molecule has 21 heavy (non-hydrogen) atoms. The number of amides is 1. The Bertz CT molecular complexity index is 498. The highest BCUT2D eigenvalue weighted by Crippen LogP contribution is 2.11. The lowest BCUT2D eigenvalue weighted by molar-refractivity contribution is 0.0699. The minimum absolute atomic E-state index is 0.0899. The normalized spacial score (nSPS) is 11.7. The molecule has 1 heterocycles. The first kappa shape index (κ1) is 17.0. The number of carbonyl (C=O) groups is 1. The van der Waals surface area contributed by atoms with Crippen molar-refractivity contribution in [3.8, 4) is 0 Å². The smallest absolute Gasteiger partial charge is 0.257 e. The lowest BCUT2D eigenvalue weighted by Gasteiger charge is -2.22. The summed E-state index contributed by atoms with van der Waals surface area (Å²) >= 11 is 0. The summed E-state index contributed by atoms with van der Waals surface area (Å²) in [6, 6.07) is 0. The third-order valence-electron chi connectivity index (χ3n) is 3.09. The second-order valence-electron chi connectivity index (χ2n) is 4.64. The number of carbonyl (C=O) groups excluding carboxylic acids is 1. The number of nitrogens with two attached hydrogens (primary N) is 1. The van der Waals surface area contributed by atoms with E-state index in [4.69, 9.17) is 15.7 Å². The van der Waals surface area contributed by atoms with Crippen LogP contribution in [0.15, 0.2) is 11.4 Å². The molecule has 1 amide bonds. The molecular formula is C13H23N5O3. The third kappa shape index (κ3) is 4.75. The van der Waals surface area contributed by atoms with E-state index in [2.05, 4.69) is 10.3 Å². The minimum atomic E-state index is -0.122. The van der Waals surface area contributed by atoms with Crippen molar-refractivity contribution in [2.45, 2.75) is 19.8 Å². The first-order valence-corrected chi connectivity index (χ1v) is 6.80. The number of aryl methyl sites for hydroxylation is 2. The number of hydrogen-bond acceptors (Lipinski definition) is 5. The van der Waals surface area contributed by atoms with E-state index in [1.807, 2.05) is 6.92 Å². The van der Waals surface area contributed by atoms with Crippen LogP contribution in [0.3, 0.4) is 0 Å². The van der Waals surface area contributed by atoms with Gasteiger partial charge in [0.1, 0.15) is 5.84 Å². The van der Waals surface area contributed by atoms with Crippen LogP contribution in [0.1, 0.15) is 29.4 Å². The Morgan fingerprint density at radius 2 is 2.29 bits per heavy atom. The summed E-state index contributed by atoms with van der Waals surface area (Å²) < 4.78 is 6.66. The van der Waals surface area contributed by atoms with Gasteiger partial charge in [-0.3, -0.25) is 9.48 Å². The van der Waals surface area contributed by atoms with Crippen molar-refractivity contribution in [2.24, 2.45) is 17.9 Å². The van der Waals surface area contributed by atoms with Crippen LogP contribution in [0, 0.1) is 0 Å². The van der Waals surface area contributed by atoms with Crippen LogP contribution in [0.5, 0.6) is 0 Å². The van der Waals surface area contributed by atoms with Gasteiger partial charge in [0.2, 0.25) is 0 Å². The number of methoxy groups -OCH3 is 1. The molecule has 1 aromatic heterocycles. The van der Waals surface area contributed by atoms with Gasteiger partial charge < -0.3 is 20.6 Å². The molecule has 0 aliphatic carbocycles. The molecule has 0 fully saturated rings. The van der Waals surface area contributed by atoms with Gasteiger partial charge in [-0.15, -0.1) is 0 Å². The van der Waals surface area contributed by atoms with E-state index in [9.17, 15) is 4.79 Å². The molecule has 0 unspecified atom stereocenters. The third-order valence-corrected chi connectivity index (χ3v) is 3.09. The van der Waals surface area contributed by atoms with E-state index in [1.165, 1.54) is 0 Å². The number of nitrogens with zero attached hydrogens (tertiary/aromatic N) is 4. The van der Waals surface area contributed by atoms with Crippen LogP contribution in [0.4, 0.5) is 0 Å². The molecular weight excluding hydrogens is 274 g/mol. The van der Waals surface area contributed by atoms with Crippen molar-refractivity contribution in [3.63, 3.8) is 0 Å². The summed E-state index contributed by atoms with van der Waals surface area (Å²) in [6.07, 6.45) is 2.69. The Morgan fingerprint density at radius 1 is 1.57 bits per heavy atom. The Labute approximate surface area is 124 Å². The van der Waals surface area contributed by atoms with Crippen molar-refractivity contribution < 1.29 is 14.7 Å². The van der Waals surface area contributed by atoms with Crippen molar-refractivity contribution in [1.29, 1.82) is 0 Å². The first-order valence-electron chi connectivity index (χ1n) is 6.80. The van der Waals surface area contributed by atoms with Gasteiger partial charge >= 0.3 is 0 Å². The van der Waals surface area contributed by atoms with Gasteiger partial charge in [-0.05, 0) is 6.42 Å². The Morgan fingerprint density at radius 3 is 2.86 bits per heavy atom. The van der Waals surface area contributed by atoms with Crippen molar-refractivity contribution in [2.75, 3.05) is 26.8 Å². The highest BCUT2D eigenvalue weighted by atomic mass is 16.5. The molecule has 0 spiro atoms. The van der Waals surface area contributed by atoms with Crippen LogP contribution < -0.4 is 5.73 Å². The Kier molecular flexibility index (Phi) is 6.67. The Balaban J connectivity index is 2.87. The lowest BCUT2D eigenvalue weighted by atomic mass is 10.2. The second-order valence-corrected chi connectivity index (χ2v) is 4.64. The highest BCUT2D eigenvalue weighted by Gasteiger charge is 2.21. The molecule has 1 rings (SSSR count). The average Bonchev–Trinajstić information content (AvgIpc) is 2.87. The van der Waals surface area contributed by atoms with Gasteiger partial charge in [-0.25, -0.2) is 0 Å². The molecule has 0 bridgehead atoms. The molecule has 0 saturated heterocycles. The van der Waals surface area contributed by atoms with E-state index >= 15 is 0 Å². The summed E-state index contributed by atoms with van der Waals surface area (Å²) in [4.78, 5) is 14.2. The zero-order chi connectivity index (χ0) is 15.8. The zero-order valence-electron chi connectivity index (χ0n) is 12.7. The van der Waals surface area contributed by atoms with Gasteiger partial charge in [-0.1, -0.05) is 12.1 Å². The van der Waals surface area contributed by atoms with Crippen molar-refractivity contribution in [3.05, 3.63) is 17.5 Å². The topological polar surface area (TPSA) is 106 Å². The van der Waals surface area contributed by atoms with Gasteiger partial charge in [0.25, 0.3) is 5.91 Å². The molecule has 8 heteroatoms. The summed E-state index contributed by atoms with van der Waals surface area (Å²) in [5, 5.41) is 15.8.